The highest BCUT2D eigenvalue weighted by atomic mass is 16.6. The lowest BCUT2D eigenvalue weighted by molar-refractivity contribution is -0.389. The average molecular weight is 208 g/mol. The second kappa shape index (κ2) is 3.82. The number of likely N-dealkylation sites (N-methyl/N-ethyl adjacent to an activating group) is 1. The van der Waals surface area contributed by atoms with Crippen molar-refractivity contribution in [3.8, 4) is 0 Å². The Labute approximate surface area is 87.1 Å². The van der Waals surface area contributed by atoms with E-state index in [1.54, 1.807) is 6.07 Å². The minimum atomic E-state index is -0.491. The van der Waals surface area contributed by atoms with Crippen LogP contribution in [0.5, 0.6) is 0 Å². The zero-order valence-corrected chi connectivity index (χ0v) is 8.38. The van der Waals surface area contributed by atoms with Crippen LogP contribution < -0.4 is 10.2 Å². The van der Waals surface area contributed by atoms with E-state index in [2.05, 4.69) is 15.2 Å². The molecular weight excluding hydrogens is 196 g/mol. The van der Waals surface area contributed by atoms with Crippen LogP contribution in [-0.2, 0) is 0 Å². The summed E-state index contributed by atoms with van der Waals surface area (Å²) in [7, 11) is 1.97. The summed E-state index contributed by atoms with van der Waals surface area (Å²) >= 11 is 0. The van der Waals surface area contributed by atoms with Crippen molar-refractivity contribution < 1.29 is 4.92 Å². The van der Waals surface area contributed by atoms with E-state index in [-0.39, 0.29) is 5.82 Å². The summed E-state index contributed by atoms with van der Waals surface area (Å²) in [6.07, 6.45) is 1.54. The summed E-state index contributed by atoms with van der Waals surface area (Å²) in [5.74, 6) is -0.112. The first-order valence-corrected chi connectivity index (χ1v) is 4.72. The van der Waals surface area contributed by atoms with E-state index >= 15 is 0 Å². The molecule has 1 aliphatic heterocycles. The summed E-state index contributed by atoms with van der Waals surface area (Å²) < 4.78 is 0. The molecule has 1 N–H and O–H groups in total. The summed E-state index contributed by atoms with van der Waals surface area (Å²) in [5, 5.41) is 13.6. The van der Waals surface area contributed by atoms with E-state index < -0.39 is 4.92 Å². The lowest BCUT2D eigenvalue weighted by Gasteiger charge is -2.36. The fraction of sp³-hybridized carbons (Fsp3) is 0.444. The fourth-order valence-corrected chi connectivity index (χ4v) is 1.45. The molecule has 1 aromatic heterocycles. The van der Waals surface area contributed by atoms with Crippen LogP contribution in [0.4, 0.5) is 11.5 Å². The topological polar surface area (TPSA) is 71.3 Å². The van der Waals surface area contributed by atoms with Crippen LogP contribution in [0.25, 0.3) is 0 Å². The third-order valence-corrected chi connectivity index (χ3v) is 2.63. The second-order valence-corrected chi connectivity index (χ2v) is 3.55. The number of hydrogen-bond acceptors (Lipinski definition) is 5. The van der Waals surface area contributed by atoms with Crippen LogP contribution in [0.15, 0.2) is 18.3 Å². The Morgan fingerprint density at radius 3 is 2.73 bits per heavy atom. The van der Waals surface area contributed by atoms with Crippen LogP contribution in [0.2, 0.25) is 0 Å². The molecule has 2 heterocycles. The summed E-state index contributed by atoms with van der Waals surface area (Å²) in [6, 6.07) is 3.62. The maximum Gasteiger partial charge on any atom is 0.363 e. The first-order chi connectivity index (χ1) is 7.18. The average Bonchev–Trinajstić information content (AvgIpc) is 2.15. The molecule has 1 fully saturated rings. The largest absolute Gasteiger partial charge is 0.366 e. The molecule has 1 aromatic rings. The molecule has 0 spiro atoms. The van der Waals surface area contributed by atoms with Gasteiger partial charge in [-0.1, -0.05) is 0 Å². The first kappa shape index (κ1) is 9.85. The van der Waals surface area contributed by atoms with Crippen molar-refractivity contribution in [1.82, 2.24) is 10.3 Å². The maximum atomic E-state index is 10.4. The van der Waals surface area contributed by atoms with E-state index in [1.807, 2.05) is 7.05 Å². The molecular formula is C9H12N4O2. The molecule has 6 heteroatoms. The van der Waals surface area contributed by atoms with Crippen LogP contribution in [-0.4, -0.2) is 36.1 Å². The van der Waals surface area contributed by atoms with Gasteiger partial charge in [0.2, 0.25) is 0 Å². The lowest BCUT2D eigenvalue weighted by Crippen LogP contribution is -2.56. The van der Waals surface area contributed by atoms with Crippen molar-refractivity contribution >= 4 is 11.5 Å². The molecule has 0 unspecified atom stereocenters. The van der Waals surface area contributed by atoms with Crippen molar-refractivity contribution in [3.05, 3.63) is 28.4 Å². The minimum absolute atomic E-state index is 0.112. The second-order valence-electron chi connectivity index (χ2n) is 3.55. The monoisotopic (exact) mass is 208 g/mol. The molecule has 80 valence electrons. The van der Waals surface area contributed by atoms with Gasteiger partial charge in [0.05, 0.1) is 11.7 Å². The van der Waals surface area contributed by atoms with Crippen molar-refractivity contribution in [2.24, 2.45) is 0 Å². The van der Waals surface area contributed by atoms with Crippen LogP contribution in [0, 0.1) is 10.1 Å². The summed E-state index contributed by atoms with van der Waals surface area (Å²) in [4.78, 5) is 15.8. The van der Waals surface area contributed by atoms with E-state index in [0.717, 1.165) is 18.8 Å². The van der Waals surface area contributed by atoms with Gasteiger partial charge in [0.15, 0.2) is 6.20 Å². The number of hydrogen-bond donors (Lipinski definition) is 1. The van der Waals surface area contributed by atoms with Crippen molar-refractivity contribution in [2.75, 3.05) is 25.0 Å². The van der Waals surface area contributed by atoms with Gasteiger partial charge in [0, 0.05) is 26.2 Å². The molecule has 0 aliphatic carbocycles. The molecule has 6 nitrogen and oxygen atoms in total. The third-order valence-electron chi connectivity index (χ3n) is 2.63. The van der Waals surface area contributed by atoms with Gasteiger partial charge >= 0.3 is 5.82 Å². The van der Waals surface area contributed by atoms with Crippen molar-refractivity contribution in [3.63, 3.8) is 0 Å². The smallest absolute Gasteiger partial charge is 0.363 e. The minimum Gasteiger partial charge on any atom is -0.366 e. The molecule has 15 heavy (non-hydrogen) atoms. The van der Waals surface area contributed by atoms with E-state index in [9.17, 15) is 10.1 Å². The van der Waals surface area contributed by atoms with Crippen LogP contribution in [0.3, 0.4) is 0 Å². The number of anilines is 1. The molecule has 0 saturated carbocycles. The summed E-state index contributed by atoms with van der Waals surface area (Å²) in [6.45, 7) is 1.90. The standard InChI is InChI=1S/C9H12N4O2/c1-12(8-4-10-5-8)7-2-3-9(11-6-7)13(14)15/h2-3,6,8,10H,4-5H2,1H3. The van der Waals surface area contributed by atoms with Crippen molar-refractivity contribution in [1.29, 1.82) is 0 Å². The van der Waals surface area contributed by atoms with Gasteiger partial charge in [-0.2, -0.15) is 0 Å². The Hall–Kier alpha value is -1.69. The zero-order valence-electron chi connectivity index (χ0n) is 8.38. The Morgan fingerprint density at radius 2 is 2.33 bits per heavy atom. The highest BCUT2D eigenvalue weighted by Gasteiger charge is 2.22. The van der Waals surface area contributed by atoms with Crippen LogP contribution in [0.1, 0.15) is 0 Å². The first-order valence-electron chi connectivity index (χ1n) is 4.72. The van der Waals surface area contributed by atoms with E-state index in [0.29, 0.717) is 6.04 Å². The molecule has 2 rings (SSSR count). The molecule has 0 amide bonds. The van der Waals surface area contributed by atoms with Gasteiger partial charge < -0.3 is 20.3 Å². The molecule has 0 bridgehead atoms. The zero-order chi connectivity index (χ0) is 10.8. The SMILES string of the molecule is CN(c1ccc([N+](=O)[O-])nc1)C1CNC1. The molecule has 1 aliphatic rings. The highest BCUT2D eigenvalue weighted by Crippen LogP contribution is 2.18. The van der Waals surface area contributed by atoms with Crippen LogP contribution >= 0.6 is 0 Å². The number of nitrogens with zero attached hydrogens (tertiary/aromatic N) is 3. The van der Waals surface area contributed by atoms with E-state index in [1.165, 1.54) is 12.3 Å². The normalized spacial score (nSPS) is 15.8. The fourth-order valence-electron chi connectivity index (χ4n) is 1.45. The Morgan fingerprint density at radius 1 is 1.60 bits per heavy atom. The summed E-state index contributed by atoms with van der Waals surface area (Å²) in [5.41, 5.74) is 0.909. The molecule has 0 radical (unpaired) electrons. The predicted molar refractivity (Wildman–Crippen MR) is 56.0 cm³/mol. The predicted octanol–water partition coefficient (Wildman–Crippen LogP) is 0.398. The van der Waals surface area contributed by atoms with Crippen molar-refractivity contribution in [2.45, 2.75) is 6.04 Å². The quantitative estimate of drug-likeness (QED) is 0.575. The van der Waals surface area contributed by atoms with Gasteiger partial charge in [-0.05, 0) is 16.0 Å². The van der Waals surface area contributed by atoms with Gasteiger partial charge in [0.1, 0.15) is 0 Å². The van der Waals surface area contributed by atoms with Gasteiger partial charge in [-0.25, -0.2) is 0 Å². The molecule has 0 atom stereocenters. The third kappa shape index (κ3) is 1.89. The lowest BCUT2D eigenvalue weighted by atomic mass is 10.1. The number of nitrogens with one attached hydrogen (secondary N) is 1. The Kier molecular flexibility index (Phi) is 2.51. The number of nitro groups is 1. The Bertz CT molecular complexity index is 361. The number of rotatable bonds is 3. The van der Waals surface area contributed by atoms with Gasteiger partial charge in [-0.15, -0.1) is 0 Å². The number of aromatic nitrogens is 1. The molecule has 1 saturated heterocycles. The van der Waals surface area contributed by atoms with Gasteiger partial charge in [0.25, 0.3) is 0 Å². The Balaban J connectivity index is 2.11. The maximum absolute atomic E-state index is 10.4. The highest BCUT2D eigenvalue weighted by molar-refractivity contribution is 5.47. The van der Waals surface area contributed by atoms with Gasteiger partial charge in [-0.3, -0.25) is 0 Å². The molecule has 0 aromatic carbocycles. The van der Waals surface area contributed by atoms with E-state index in [4.69, 9.17) is 0 Å². The number of pyridine rings is 1.